The molecule has 0 unspecified atom stereocenters. The van der Waals surface area contributed by atoms with Crippen LogP contribution in [0.5, 0.6) is 5.75 Å². The van der Waals surface area contributed by atoms with Gasteiger partial charge in [-0.05, 0) is 12.1 Å². The Morgan fingerprint density at radius 1 is 1.35 bits per heavy atom. The number of aromatic carboxylic acids is 1. The van der Waals surface area contributed by atoms with Gasteiger partial charge >= 0.3 is 11.9 Å². The molecule has 0 aromatic carbocycles. The van der Waals surface area contributed by atoms with Crippen LogP contribution in [0.4, 0.5) is 0 Å². The number of rotatable bonds is 3. The number of esters is 1. The van der Waals surface area contributed by atoms with E-state index in [4.69, 9.17) is 9.84 Å². The van der Waals surface area contributed by atoms with Gasteiger partial charge in [-0.1, -0.05) is 0 Å². The molecule has 2 N–H and O–H groups in total. The smallest absolute Gasteiger partial charge is 0.362 e. The van der Waals surface area contributed by atoms with Gasteiger partial charge in [-0.15, -0.1) is 0 Å². The second-order valence-electron chi connectivity index (χ2n) is 3.04. The Morgan fingerprint density at radius 2 is 2.18 bits per heavy atom. The number of ether oxygens (including phenoxy) is 1. The Bertz CT molecular complexity index is 550. The molecule has 0 aliphatic heterocycles. The number of pyridine rings is 1. The molecule has 0 saturated carbocycles. The standard InChI is InChI=1S/C10H7N3O4/c14-9(15)7-5-12-13-8(7)10(16)17-6-2-1-3-11-4-6/h1-5H,(H,12,13)(H,14,15). The molecule has 2 aromatic rings. The Labute approximate surface area is 95.1 Å². The van der Waals surface area contributed by atoms with Gasteiger partial charge in [-0.2, -0.15) is 5.10 Å². The summed E-state index contributed by atoms with van der Waals surface area (Å²) in [5, 5.41) is 14.6. The van der Waals surface area contributed by atoms with Gasteiger partial charge < -0.3 is 9.84 Å². The minimum Gasteiger partial charge on any atom is -0.478 e. The minimum absolute atomic E-state index is 0.207. The molecule has 0 spiro atoms. The number of nitrogens with zero attached hydrogens (tertiary/aromatic N) is 2. The van der Waals surface area contributed by atoms with Gasteiger partial charge in [0.1, 0.15) is 11.3 Å². The molecule has 0 aliphatic carbocycles. The molecular formula is C10H7N3O4. The van der Waals surface area contributed by atoms with E-state index in [-0.39, 0.29) is 17.0 Å². The fourth-order valence-electron chi connectivity index (χ4n) is 1.17. The largest absolute Gasteiger partial charge is 0.478 e. The monoisotopic (exact) mass is 233 g/mol. The highest BCUT2D eigenvalue weighted by Crippen LogP contribution is 2.11. The quantitative estimate of drug-likeness (QED) is 0.757. The van der Waals surface area contributed by atoms with Gasteiger partial charge in [0.25, 0.3) is 0 Å². The number of H-pyrrole nitrogens is 1. The van der Waals surface area contributed by atoms with Crippen LogP contribution in [0.2, 0.25) is 0 Å². The van der Waals surface area contributed by atoms with E-state index in [2.05, 4.69) is 15.2 Å². The molecule has 2 rings (SSSR count). The number of carboxylic acid groups (broad SMARTS) is 1. The SMILES string of the molecule is O=C(O)c1cn[nH]c1C(=O)Oc1cccnc1. The maximum atomic E-state index is 11.6. The lowest BCUT2D eigenvalue weighted by atomic mass is 10.2. The third kappa shape index (κ3) is 2.28. The molecular weight excluding hydrogens is 226 g/mol. The highest BCUT2D eigenvalue weighted by atomic mass is 16.5. The summed E-state index contributed by atoms with van der Waals surface area (Å²) in [6.45, 7) is 0. The van der Waals surface area contributed by atoms with Gasteiger partial charge in [0.2, 0.25) is 0 Å². The number of hydrogen-bond acceptors (Lipinski definition) is 5. The molecule has 86 valence electrons. The van der Waals surface area contributed by atoms with Crippen molar-refractivity contribution >= 4 is 11.9 Å². The zero-order valence-electron chi connectivity index (χ0n) is 8.45. The molecule has 0 saturated heterocycles. The first-order valence-electron chi connectivity index (χ1n) is 4.57. The number of carbonyl (C=O) groups excluding carboxylic acids is 1. The normalized spacial score (nSPS) is 9.88. The van der Waals surface area contributed by atoms with E-state index in [9.17, 15) is 9.59 Å². The van der Waals surface area contributed by atoms with E-state index < -0.39 is 11.9 Å². The number of carbonyl (C=O) groups is 2. The van der Waals surface area contributed by atoms with Crippen molar-refractivity contribution in [2.45, 2.75) is 0 Å². The first-order chi connectivity index (χ1) is 8.18. The van der Waals surface area contributed by atoms with Crippen LogP contribution in [0.1, 0.15) is 20.8 Å². The average molecular weight is 233 g/mol. The van der Waals surface area contributed by atoms with Crippen LogP contribution >= 0.6 is 0 Å². The second-order valence-corrected chi connectivity index (χ2v) is 3.04. The van der Waals surface area contributed by atoms with Crippen molar-refractivity contribution < 1.29 is 19.4 Å². The van der Waals surface area contributed by atoms with Crippen LogP contribution in [0, 0.1) is 0 Å². The predicted molar refractivity (Wildman–Crippen MR) is 54.7 cm³/mol. The first-order valence-corrected chi connectivity index (χ1v) is 4.57. The molecule has 0 aliphatic rings. The van der Waals surface area contributed by atoms with Crippen LogP contribution in [-0.2, 0) is 0 Å². The maximum absolute atomic E-state index is 11.6. The van der Waals surface area contributed by atoms with Crippen molar-refractivity contribution in [2.75, 3.05) is 0 Å². The Hall–Kier alpha value is -2.70. The van der Waals surface area contributed by atoms with Crippen LogP contribution in [0.3, 0.4) is 0 Å². The summed E-state index contributed by atoms with van der Waals surface area (Å²) in [5.41, 5.74) is -0.444. The Kier molecular flexibility index (Phi) is 2.82. The molecule has 0 bridgehead atoms. The van der Waals surface area contributed by atoms with Crippen molar-refractivity contribution in [3.05, 3.63) is 42.0 Å². The van der Waals surface area contributed by atoms with Crippen molar-refractivity contribution in [3.8, 4) is 5.75 Å². The molecule has 2 aromatic heterocycles. The van der Waals surface area contributed by atoms with Crippen molar-refractivity contribution in [2.24, 2.45) is 0 Å². The van der Waals surface area contributed by atoms with E-state index in [0.29, 0.717) is 0 Å². The van der Waals surface area contributed by atoms with Gasteiger partial charge in [-0.3, -0.25) is 10.1 Å². The highest BCUT2D eigenvalue weighted by Gasteiger charge is 2.20. The predicted octanol–water partition coefficient (Wildman–Crippen LogP) is 0.722. The van der Waals surface area contributed by atoms with Crippen molar-refractivity contribution in [3.63, 3.8) is 0 Å². The minimum atomic E-state index is -1.25. The Morgan fingerprint density at radius 3 is 2.82 bits per heavy atom. The summed E-state index contributed by atoms with van der Waals surface area (Å²) < 4.78 is 4.91. The summed E-state index contributed by atoms with van der Waals surface area (Å²) >= 11 is 0. The van der Waals surface area contributed by atoms with Gasteiger partial charge in [0.05, 0.1) is 12.4 Å². The van der Waals surface area contributed by atoms with Crippen LogP contribution in [0.15, 0.2) is 30.7 Å². The summed E-state index contributed by atoms with van der Waals surface area (Å²) in [6.07, 6.45) is 3.91. The van der Waals surface area contributed by atoms with E-state index in [1.54, 1.807) is 6.07 Å². The molecule has 2 heterocycles. The molecule has 7 nitrogen and oxygen atoms in total. The molecule has 0 atom stereocenters. The molecule has 0 radical (unpaired) electrons. The second kappa shape index (κ2) is 4.44. The zero-order valence-corrected chi connectivity index (χ0v) is 8.45. The van der Waals surface area contributed by atoms with Crippen LogP contribution in [0.25, 0.3) is 0 Å². The third-order valence-corrected chi connectivity index (χ3v) is 1.92. The fourth-order valence-corrected chi connectivity index (χ4v) is 1.17. The summed E-state index contributed by atoms with van der Waals surface area (Å²) in [7, 11) is 0. The number of carboxylic acids is 1. The average Bonchev–Trinajstić information content (AvgIpc) is 2.79. The number of nitrogens with one attached hydrogen (secondary N) is 1. The molecule has 0 amide bonds. The maximum Gasteiger partial charge on any atom is 0.362 e. The number of hydrogen-bond donors (Lipinski definition) is 2. The van der Waals surface area contributed by atoms with Crippen LogP contribution in [-0.4, -0.2) is 32.2 Å². The Balaban J connectivity index is 2.21. The van der Waals surface area contributed by atoms with Crippen molar-refractivity contribution in [1.82, 2.24) is 15.2 Å². The molecule has 0 fully saturated rings. The fraction of sp³-hybridized carbons (Fsp3) is 0. The van der Waals surface area contributed by atoms with E-state index >= 15 is 0 Å². The highest BCUT2D eigenvalue weighted by molar-refractivity contribution is 6.01. The summed E-state index contributed by atoms with van der Waals surface area (Å²) in [4.78, 5) is 26.1. The lowest BCUT2D eigenvalue weighted by Gasteiger charge is -2.01. The third-order valence-electron chi connectivity index (χ3n) is 1.92. The number of aromatic nitrogens is 3. The lowest BCUT2D eigenvalue weighted by molar-refractivity contribution is 0.0666. The lowest BCUT2D eigenvalue weighted by Crippen LogP contribution is -2.13. The number of aromatic amines is 1. The summed E-state index contributed by atoms with van der Waals surface area (Å²) in [6, 6.07) is 3.12. The van der Waals surface area contributed by atoms with E-state index in [1.807, 2.05) is 0 Å². The molecule has 17 heavy (non-hydrogen) atoms. The topological polar surface area (TPSA) is 105 Å². The van der Waals surface area contributed by atoms with E-state index in [0.717, 1.165) is 6.20 Å². The van der Waals surface area contributed by atoms with Gasteiger partial charge in [0, 0.05) is 6.20 Å². The van der Waals surface area contributed by atoms with Gasteiger partial charge in [-0.25, -0.2) is 9.59 Å². The zero-order chi connectivity index (χ0) is 12.3. The summed E-state index contributed by atoms with van der Waals surface area (Å²) in [5.74, 6) is -1.85. The van der Waals surface area contributed by atoms with E-state index in [1.165, 1.54) is 18.5 Å². The van der Waals surface area contributed by atoms with Gasteiger partial charge in [0.15, 0.2) is 5.69 Å². The van der Waals surface area contributed by atoms with Crippen LogP contribution < -0.4 is 4.74 Å². The van der Waals surface area contributed by atoms with Crippen molar-refractivity contribution in [1.29, 1.82) is 0 Å². The molecule has 7 heteroatoms. The first kappa shape index (κ1) is 10.8.